The van der Waals surface area contributed by atoms with Gasteiger partial charge in [0, 0.05) is 44.0 Å². The molecule has 0 saturated carbocycles. The van der Waals surface area contributed by atoms with Crippen LogP contribution < -0.4 is 21.5 Å². The highest BCUT2D eigenvalue weighted by atomic mass is 16.2. The van der Waals surface area contributed by atoms with Gasteiger partial charge >= 0.3 is 5.69 Å². The van der Waals surface area contributed by atoms with Gasteiger partial charge in [0.15, 0.2) is 0 Å². The molecule has 2 heterocycles. The van der Waals surface area contributed by atoms with E-state index in [1.54, 1.807) is 35.3 Å². The highest BCUT2D eigenvalue weighted by Gasteiger charge is 2.24. The second kappa shape index (κ2) is 13.5. The average Bonchev–Trinajstić information content (AvgIpc) is 3.07. The fraction of sp³-hybridized carbons (Fsp3) is 0.222. The monoisotopic (exact) mass is 603 g/mol. The number of amides is 2. The molecule has 1 aliphatic rings. The van der Waals surface area contributed by atoms with Crippen LogP contribution in [0.5, 0.6) is 0 Å². The van der Waals surface area contributed by atoms with E-state index >= 15 is 0 Å². The van der Waals surface area contributed by atoms with E-state index in [2.05, 4.69) is 23.4 Å². The van der Waals surface area contributed by atoms with E-state index in [-0.39, 0.29) is 35.5 Å². The third kappa shape index (κ3) is 6.57. The highest BCUT2D eigenvalue weighted by molar-refractivity contribution is 5.98. The van der Waals surface area contributed by atoms with E-state index in [1.807, 2.05) is 56.3 Å². The Hall–Kier alpha value is -5.44. The van der Waals surface area contributed by atoms with Crippen molar-refractivity contribution in [2.24, 2.45) is 0 Å². The lowest BCUT2D eigenvalue weighted by atomic mass is 10.1. The molecule has 1 aromatic heterocycles. The van der Waals surface area contributed by atoms with E-state index < -0.39 is 17.2 Å². The number of allylic oxidation sites excluding steroid dienone is 2. The molecule has 2 amide bonds. The topological polar surface area (TPSA) is 96.6 Å². The lowest BCUT2D eigenvalue weighted by Gasteiger charge is -2.36. The van der Waals surface area contributed by atoms with Gasteiger partial charge in [-0.15, -0.1) is 0 Å². The molecule has 1 fully saturated rings. The maximum Gasteiger partial charge on any atom is 0.336 e. The van der Waals surface area contributed by atoms with Gasteiger partial charge in [-0.05, 0) is 67.5 Å². The van der Waals surface area contributed by atoms with Gasteiger partial charge in [0.1, 0.15) is 6.54 Å². The number of carbonyl (C=O) groups is 2. The highest BCUT2D eigenvalue weighted by Crippen LogP contribution is 2.18. The van der Waals surface area contributed by atoms with Crippen LogP contribution in [-0.2, 0) is 11.3 Å². The molecule has 1 saturated heterocycles. The number of piperazine rings is 1. The quantitative estimate of drug-likeness (QED) is 0.289. The Labute approximate surface area is 262 Å². The van der Waals surface area contributed by atoms with E-state index in [1.165, 1.54) is 16.7 Å². The molecule has 230 valence electrons. The Morgan fingerprint density at radius 2 is 1.56 bits per heavy atom. The van der Waals surface area contributed by atoms with Gasteiger partial charge in [-0.1, -0.05) is 61.2 Å². The number of fused-ring (bicyclic) bond motifs is 1. The second-order valence-corrected chi connectivity index (χ2v) is 11.1. The molecule has 9 nitrogen and oxygen atoms in total. The lowest BCUT2D eigenvalue weighted by molar-refractivity contribution is -0.132. The molecule has 45 heavy (non-hydrogen) atoms. The Kier molecular flexibility index (Phi) is 9.28. The van der Waals surface area contributed by atoms with Crippen molar-refractivity contribution in [2.45, 2.75) is 20.4 Å². The van der Waals surface area contributed by atoms with Crippen molar-refractivity contribution in [3.8, 4) is 5.69 Å². The van der Waals surface area contributed by atoms with Crippen molar-refractivity contribution < 1.29 is 9.59 Å². The molecule has 0 aliphatic carbocycles. The largest absolute Gasteiger partial charge is 0.368 e. The minimum absolute atomic E-state index is 0.221. The van der Waals surface area contributed by atoms with Crippen LogP contribution in [0, 0.1) is 6.92 Å². The van der Waals surface area contributed by atoms with Crippen molar-refractivity contribution in [1.82, 2.24) is 19.4 Å². The molecule has 4 aromatic rings. The van der Waals surface area contributed by atoms with E-state index in [0.717, 1.165) is 27.0 Å². The molecule has 5 rings (SSSR count). The van der Waals surface area contributed by atoms with Gasteiger partial charge in [0.2, 0.25) is 5.91 Å². The maximum absolute atomic E-state index is 14.0. The third-order valence-corrected chi connectivity index (χ3v) is 8.24. The smallest absolute Gasteiger partial charge is 0.336 e. The predicted octanol–water partition coefficient (Wildman–Crippen LogP) is 4.23. The fourth-order valence-electron chi connectivity index (χ4n) is 5.45. The Morgan fingerprint density at radius 3 is 2.20 bits per heavy atom. The number of benzene rings is 3. The first-order valence-electron chi connectivity index (χ1n) is 14.9. The van der Waals surface area contributed by atoms with Gasteiger partial charge < -0.3 is 15.1 Å². The number of aromatic nitrogens is 2. The number of carbonyl (C=O) groups excluding carboxylic acids is 2. The first-order chi connectivity index (χ1) is 21.7. The van der Waals surface area contributed by atoms with E-state index in [9.17, 15) is 19.2 Å². The number of hydrogen-bond acceptors (Lipinski definition) is 5. The molecule has 0 unspecified atom stereocenters. The van der Waals surface area contributed by atoms with E-state index in [0.29, 0.717) is 31.9 Å². The van der Waals surface area contributed by atoms with Crippen LogP contribution in [0.4, 0.5) is 5.69 Å². The summed E-state index contributed by atoms with van der Waals surface area (Å²) in [7, 11) is 0. The summed E-state index contributed by atoms with van der Waals surface area (Å²) in [5.74, 6) is -0.631. The van der Waals surface area contributed by atoms with Crippen LogP contribution in [0.1, 0.15) is 22.8 Å². The van der Waals surface area contributed by atoms with Crippen LogP contribution in [0.15, 0.2) is 119 Å². The van der Waals surface area contributed by atoms with Crippen molar-refractivity contribution in [2.75, 3.05) is 37.6 Å². The number of aryl methyl sites for hydroxylation is 1. The molecular weight excluding hydrogens is 566 g/mol. The van der Waals surface area contributed by atoms with Crippen molar-refractivity contribution in [1.29, 1.82) is 0 Å². The summed E-state index contributed by atoms with van der Waals surface area (Å²) in [5.41, 5.74) is 3.48. The fourth-order valence-corrected chi connectivity index (χ4v) is 5.45. The SMILES string of the molecule is C=C/C(C)=C(\C=C)CNC(=O)c1ccc2c(=O)n(-c3ccc(C)cc3)c(=O)n(CC(=O)N3CCN(c4ccccc4)CC3)c2c1. The molecule has 0 bridgehead atoms. The minimum atomic E-state index is -0.649. The number of nitrogens with one attached hydrogen (secondary N) is 1. The summed E-state index contributed by atoms with van der Waals surface area (Å²) >= 11 is 0. The molecule has 9 heteroatoms. The number of rotatable bonds is 9. The standard InChI is InChI=1S/C36H37N5O4/c1-5-26(4)27(6-2)23-37-34(43)28-14-17-31-32(22-28)40(36(45)41(35(31)44)30-15-12-25(3)13-16-30)24-33(42)39-20-18-38(19-21-39)29-10-8-7-9-11-29/h5-17,22H,1-2,18-21,23-24H2,3-4H3,(H,37,43)/b27-26+. The summed E-state index contributed by atoms with van der Waals surface area (Å²) in [6.45, 7) is 13.6. The molecule has 1 N–H and O–H groups in total. The molecule has 0 spiro atoms. The molecule has 0 atom stereocenters. The molecule has 3 aromatic carbocycles. The first-order valence-corrected chi connectivity index (χ1v) is 14.9. The van der Waals surface area contributed by atoms with Crippen LogP contribution in [0.2, 0.25) is 0 Å². The maximum atomic E-state index is 14.0. The number of para-hydroxylation sites is 1. The first kappa shape index (κ1) is 31.0. The minimum Gasteiger partial charge on any atom is -0.368 e. The van der Waals surface area contributed by atoms with Crippen LogP contribution in [0.25, 0.3) is 16.6 Å². The van der Waals surface area contributed by atoms with Crippen molar-refractivity contribution in [3.63, 3.8) is 0 Å². The summed E-state index contributed by atoms with van der Waals surface area (Å²) in [6, 6.07) is 21.7. The lowest BCUT2D eigenvalue weighted by Crippen LogP contribution is -2.50. The van der Waals surface area contributed by atoms with Gasteiger partial charge in [0.25, 0.3) is 11.5 Å². The van der Waals surface area contributed by atoms with Gasteiger partial charge in [-0.25, -0.2) is 9.36 Å². The Morgan fingerprint density at radius 1 is 0.867 bits per heavy atom. The number of hydrogen-bond donors (Lipinski definition) is 1. The molecule has 0 radical (unpaired) electrons. The van der Waals surface area contributed by atoms with Crippen LogP contribution in [0.3, 0.4) is 0 Å². The zero-order chi connectivity index (χ0) is 32.1. The molecule has 1 aliphatic heterocycles. The zero-order valence-electron chi connectivity index (χ0n) is 25.7. The van der Waals surface area contributed by atoms with Gasteiger partial charge in [-0.2, -0.15) is 0 Å². The zero-order valence-corrected chi connectivity index (χ0v) is 25.7. The van der Waals surface area contributed by atoms with Crippen LogP contribution >= 0.6 is 0 Å². The van der Waals surface area contributed by atoms with Gasteiger partial charge in [-0.3, -0.25) is 19.0 Å². The number of anilines is 1. The summed E-state index contributed by atoms with van der Waals surface area (Å²) in [4.78, 5) is 58.5. The summed E-state index contributed by atoms with van der Waals surface area (Å²) in [5, 5.41) is 3.09. The van der Waals surface area contributed by atoms with E-state index in [4.69, 9.17) is 0 Å². The van der Waals surface area contributed by atoms with Crippen LogP contribution in [-0.4, -0.2) is 58.6 Å². The predicted molar refractivity (Wildman–Crippen MR) is 179 cm³/mol. The summed E-state index contributed by atoms with van der Waals surface area (Å²) < 4.78 is 2.39. The Balaban J connectivity index is 1.50. The van der Waals surface area contributed by atoms with Crippen molar-refractivity contribution >= 4 is 28.4 Å². The molecular formula is C36H37N5O4. The normalized spacial score (nSPS) is 13.7. The summed E-state index contributed by atoms with van der Waals surface area (Å²) in [6.07, 6.45) is 3.35. The average molecular weight is 604 g/mol. The van der Waals surface area contributed by atoms with Gasteiger partial charge in [0.05, 0.1) is 16.6 Å². The number of nitrogens with zero attached hydrogens (tertiary/aromatic N) is 4. The second-order valence-electron chi connectivity index (χ2n) is 11.1. The third-order valence-electron chi connectivity index (χ3n) is 8.24. The van der Waals surface area contributed by atoms with Crippen molar-refractivity contribution in [3.05, 3.63) is 141 Å². The Bertz CT molecular complexity index is 1910.